The lowest BCUT2D eigenvalue weighted by atomic mass is 10.0. The molecule has 0 bridgehead atoms. The fourth-order valence-electron chi connectivity index (χ4n) is 2.71. The molecule has 0 saturated carbocycles. The van der Waals surface area contributed by atoms with Crippen LogP contribution in [-0.4, -0.2) is 29.6 Å². The number of rotatable bonds is 1. The van der Waals surface area contributed by atoms with Gasteiger partial charge in [0, 0.05) is 10.7 Å². The number of nitrogens with one attached hydrogen (secondary N) is 1. The maximum Gasteiger partial charge on any atom is 0.238 e. The Bertz CT molecular complexity index is 457. The Morgan fingerprint density at radius 1 is 1.22 bits per heavy atom. The van der Waals surface area contributed by atoms with Crippen LogP contribution in [0.25, 0.3) is 0 Å². The molecule has 1 N–H and O–H groups in total. The molecule has 1 spiro atoms. The van der Waals surface area contributed by atoms with E-state index in [1.807, 2.05) is 29.2 Å². The molecule has 2 heterocycles. The van der Waals surface area contributed by atoms with Gasteiger partial charge in [0.25, 0.3) is 0 Å². The first-order chi connectivity index (χ1) is 8.71. The van der Waals surface area contributed by atoms with Crippen molar-refractivity contribution in [1.29, 1.82) is 0 Å². The summed E-state index contributed by atoms with van der Waals surface area (Å²) in [5.74, 6) is 0.798. The molecule has 0 unspecified atom stereocenters. The van der Waals surface area contributed by atoms with Gasteiger partial charge in [-0.3, -0.25) is 9.69 Å². The smallest absolute Gasteiger partial charge is 0.238 e. The lowest BCUT2D eigenvalue weighted by Gasteiger charge is -2.40. The van der Waals surface area contributed by atoms with E-state index in [0.717, 1.165) is 31.6 Å². The SMILES string of the molecule is O=C1CSC2(CCNCC2)N1c1ccc(Cl)cc1. The van der Waals surface area contributed by atoms with Crippen LogP contribution in [0.2, 0.25) is 5.02 Å². The van der Waals surface area contributed by atoms with E-state index < -0.39 is 0 Å². The molecule has 2 aliphatic rings. The third-order valence-electron chi connectivity index (χ3n) is 3.59. The molecule has 18 heavy (non-hydrogen) atoms. The van der Waals surface area contributed by atoms with E-state index in [4.69, 9.17) is 11.6 Å². The number of carbonyl (C=O) groups is 1. The molecule has 2 fully saturated rings. The van der Waals surface area contributed by atoms with E-state index >= 15 is 0 Å². The number of thioether (sulfide) groups is 1. The quantitative estimate of drug-likeness (QED) is 0.859. The Morgan fingerprint density at radius 2 is 1.89 bits per heavy atom. The maximum atomic E-state index is 12.2. The second-order valence-electron chi connectivity index (χ2n) is 4.69. The fourth-order valence-corrected chi connectivity index (χ4v) is 4.18. The summed E-state index contributed by atoms with van der Waals surface area (Å²) in [7, 11) is 0. The first-order valence-corrected chi connectivity index (χ1v) is 7.51. The number of anilines is 1. The second-order valence-corrected chi connectivity index (χ2v) is 6.46. The van der Waals surface area contributed by atoms with Crippen molar-refractivity contribution in [1.82, 2.24) is 5.32 Å². The highest BCUT2D eigenvalue weighted by Gasteiger charge is 2.47. The molecular formula is C13H15ClN2OS. The first kappa shape index (κ1) is 12.3. The van der Waals surface area contributed by atoms with Gasteiger partial charge in [-0.05, 0) is 50.2 Å². The van der Waals surface area contributed by atoms with E-state index in [9.17, 15) is 4.79 Å². The van der Waals surface area contributed by atoms with Gasteiger partial charge in [-0.2, -0.15) is 0 Å². The zero-order valence-electron chi connectivity index (χ0n) is 9.99. The fraction of sp³-hybridized carbons (Fsp3) is 0.462. The van der Waals surface area contributed by atoms with E-state index in [2.05, 4.69) is 5.32 Å². The number of nitrogens with zero attached hydrogens (tertiary/aromatic N) is 1. The highest BCUT2D eigenvalue weighted by Crippen LogP contribution is 2.45. The van der Waals surface area contributed by atoms with Crippen LogP contribution in [0.5, 0.6) is 0 Å². The van der Waals surface area contributed by atoms with Crippen molar-refractivity contribution in [3.05, 3.63) is 29.3 Å². The number of amides is 1. The minimum atomic E-state index is -0.0455. The van der Waals surface area contributed by atoms with Gasteiger partial charge in [-0.15, -0.1) is 11.8 Å². The molecule has 1 aromatic carbocycles. The van der Waals surface area contributed by atoms with E-state index in [-0.39, 0.29) is 10.8 Å². The Balaban J connectivity index is 1.96. The van der Waals surface area contributed by atoms with Gasteiger partial charge in [-0.25, -0.2) is 0 Å². The number of halogens is 1. The molecule has 1 aromatic rings. The monoisotopic (exact) mass is 282 g/mol. The number of hydrogen-bond donors (Lipinski definition) is 1. The first-order valence-electron chi connectivity index (χ1n) is 6.15. The van der Waals surface area contributed by atoms with Crippen LogP contribution in [0.15, 0.2) is 24.3 Å². The zero-order chi connectivity index (χ0) is 12.6. The predicted octanol–water partition coefficient (Wildman–Crippen LogP) is 2.50. The summed E-state index contributed by atoms with van der Waals surface area (Å²) in [6.07, 6.45) is 2.01. The summed E-state index contributed by atoms with van der Waals surface area (Å²) in [6.45, 7) is 1.95. The van der Waals surface area contributed by atoms with Crippen LogP contribution in [0.1, 0.15) is 12.8 Å². The molecular weight excluding hydrogens is 268 g/mol. The molecule has 0 atom stereocenters. The summed E-state index contributed by atoms with van der Waals surface area (Å²) in [5, 5.41) is 4.07. The van der Waals surface area contributed by atoms with Gasteiger partial charge in [0.2, 0.25) is 5.91 Å². The van der Waals surface area contributed by atoms with Gasteiger partial charge in [0.05, 0.1) is 10.6 Å². The number of carbonyl (C=O) groups excluding carboxylic acids is 1. The van der Waals surface area contributed by atoms with Crippen molar-refractivity contribution in [3.63, 3.8) is 0 Å². The van der Waals surface area contributed by atoms with Crippen LogP contribution >= 0.6 is 23.4 Å². The molecule has 2 aliphatic heterocycles. The molecule has 96 valence electrons. The number of piperidine rings is 1. The molecule has 0 aromatic heterocycles. The van der Waals surface area contributed by atoms with Gasteiger partial charge in [0.15, 0.2) is 0 Å². The summed E-state index contributed by atoms with van der Waals surface area (Å²) in [6, 6.07) is 7.58. The van der Waals surface area contributed by atoms with Crippen LogP contribution in [-0.2, 0) is 4.79 Å². The topological polar surface area (TPSA) is 32.3 Å². The molecule has 2 saturated heterocycles. The Hall–Kier alpha value is -0.710. The largest absolute Gasteiger partial charge is 0.316 e. The molecule has 0 aliphatic carbocycles. The zero-order valence-corrected chi connectivity index (χ0v) is 11.6. The molecule has 5 heteroatoms. The summed E-state index contributed by atoms with van der Waals surface area (Å²) in [4.78, 5) is 14.1. The summed E-state index contributed by atoms with van der Waals surface area (Å²) < 4.78 is 0. The van der Waals surface area contributed by atoms with Crippen molar-refractivity contribution in [2.45, 2.75) is 17.7 Å². The number of hydrogen-bond acceptors (Lipinski definition) is 3. The highest BCUT2D eigenvalue weighted by molar-refractivity contribution is 8.02. The standard InChI is InChI=1S/C13H15ClN2OS/c14-10-1-3-11(4-2-10)16-12(17)9-18-13(16)5-7-15-8-6-13/h1-4,15H,5-9H2. The van der Waals surface area contributed by atoms with Crippen molar-refractivity contribution >= 4 is 35.0 Å². The Morgan fingerprint density at radius 3 is 2.56 bits per heavy atom. The van der Waals surface area contributed by atoms with E-state index in [1.165, 1.54) is 0 Å². The van der Waals surface area contributed by atoms with Crippen LogP contribution in [0.3, 0.4) is 0 Å². The molecule has 0 radical (unpaired) electrons. The molecule has 1 amide bonds. The second kappa shape index (κ2) is 4.76. The van der Waals surface area contributed by atoms with Gasteiger partial charge in [-0.1, -0.05) is 11.6 Å². The van der Waals surface area contributed by atoms with Gasteiger partial charge < -0.3 is 5.32 Å². The third-order valence-corrected chi connectivity index (χ3v) is 5.36. The van der Waals surface area contributed by atoms with E-state index in [0.29, 0.717) is 10.8 Å². The minimum absolute atomic E-state index is 0.0455. The Labute approximate surface area is 116 Å². The maximum absolute atomic E-state index is 12.2. The minimum Gasteiger partial charge on any atom is -0.316 e. The average molecular weight is 283 g/mol. The lowest BCUT2D eigenvalue weighted by Crippen LogP contribution is -2.51. The van der Waals surface area contributed by atoms with Crippen LogP contribution < -0.4 is 10.2 Å². The van der Waals surface area contributed by atoms with Gasteiger partial charge >= 0.3 is 0 Å². The summed E-state index contributed by atoms with van der Waals surface area (Å²) in [5.41, 5.74) is 0.969. The van der Waals surface area contributed by atoms with Crippen LogP contribution in [0, 0.1) is 0 Å². The Kier molecular flexibility index (Phi) is 3.26. The van der Waals surface area contributed by atoms with Crippen molar-refractivity contribution in [3.8, 4) is 0 Å². The van der Waals surface area contributed by atoms with Crippen molar-refractivity contribution in [2.24, 2.45) is 0 Å². The van der Waals surface area contributed by atoms with Crippen LogP contribution in [0.4, 0.5) is 5.69 Å². The van der Waals surface area contributed by atoms with Crippen molar-refractivity contribution in [2.75, 3.05) is 23.7 Å². The van der Waals surface area contributed by atoms with Gasteiger partial charge in [0.1, 0.15) is 0 Å². The molecule has 3 nitrogen and oxygen atoms in total. The molecule has 3 rings (SSSR count). The van der Waals surface area contributed by atoms with Crippen molar-refractivity contribution < 1.29 is 4.79 Å². The number of benzene rings is 1. The summed E-state index contributed by atoms with van der Waals surface area (Å²) >= 11 is 7.70. The normalized spacial score (nSPS) is 22.7. The third kappa shape index (κ3) is 2.02. The van der Waals surface area contributed by atoms with E-state index in [1.54, 1.807) is 11.8 Å². The lowest BCUT2D eigenvalue weighted by molar-refractivity contribution is -0.116. The predicted molar refractivity (Wildman–Crippen MR) is 76.2 cm³/mol. The average Bonchev–Trinajstić information content (AvgIpc) is 2.69. The highest BCUT2D eigenvalue weighted by atomic mass is 35.5.